The van der Waals surface area contributed by atoms with Crippen molar-refractivity contribution in [1.29, 1.82) is 0 Å². The molecular formula is C14H23F10NO3S2. The van der Waals surface area contributed by atoms with Crippen LogP contribution in [0.25, 0.3) is 0 Å². The topological polar surface area (TPSA) is 57.2 Å². The largest absolute Gasteiger partial charge is 0.748 e. The van der Waals surface area contributed by atoms with Crippen molar-refractivity contribution in [3.8, 4) is 0 Å². The lowest BCUT2D eigenvalue weighted by Gasteiger charge is -2.32. The van der Waals surface area contributed by atoms with Gasteiger partial charge in [0, 0.05) is 11.5 Å². The number of hydrogen-bond acceptors (Lipinski definition) is 4. The molecule has 1 atom stereocenters. The van der Waals surface area contributed by atoms with Crippen molar-refractivity contribution in [2.75, 3.05) is 51.1 Å². The maximum Gasteiger partial charge on any atom is 0.380 e. The number of rotatable bonds is 12. The van der Waals surface area contributed by atoms with E-state index in [9.17, 15) is 56.9 Å². The Kier molecular flexibility index (Phi) is 12.6. The predicted octanol–water partition coefficient (Wildman–Crippen LogP) is 3.83. The molecule has 0 rings (SSSR count). The first-order chi connectivity index (χ1) is 13.2. The van der Waals surface area contributed by atoms with Gasteiger partial charge in [-0.3, -0.25) is 4.39 Å². The average Bonchev–Trinajstić information content (AvgIpc) is 2.56. The Balaban J connectivity index is 0. The van der Waals surface area contributed by atoms with Gasteiger partial charge >= 0.3 is 24.2 Å². The lowest BCUT2D eigenvalue weighted by Crippen LogP contribution is -2.60. The SMILES string of the molecule is CC(F)C(F)(F)C(F)(F)C(F)(F)C(F)F.C[N+](C)(CCSCCF)CCS(=O)(=O)[O-]. The number of nitrogens with zero attached hydrogens (tertiary/aromatic N) is 1. The van der Waals surface area contributed by atoms with E-state index in [2.05, 4.69) is 0 Å². The van der Waals surface area contributed by atoms with Crippen LogP contribution in [0.3, 0.4) is 0 Å². The summed E-state index contributed by atoms with van der Waals surface area (Å²) in [4.78, 5) is 0. The third-order valence-electron chi connectivity index (χ3n) is 3.62. The van der Waals surface area contributed by atoms with Crippen molar-refractivity contribution in [3.05, 3.63) is 0 Å². The van der Waals surface area contributed by atoms with Crippen LogP contribution in [0.2, 0.25) is 0 Å². The number of halogens is 10. The first kappa shape index (κ1) is 31.7. The molecule has 0 amide bonds. The molecule has 0 fully saturated rings. The first-order valence-corrected chi connectivity index (χ1v) is 10.8. The highest BCUT2D eigenvalue weighted by molar-refractivity contribution is 7.99. The molecule has 0 aromatic rings. The smallest absolute Gasteiger partial charge is 0.380 e. The third-order valence-corrected chi connectivity index (χ3v) is 5.22. The van der Waals surface area contributed by atoms with Crippen molar-refractivity contribution < 1.29 is 61.4 Å². The molecule has 0 saturated carbocycles. The molecule has 0 aromatic carbocycles. The number of thioether (sulfide) groups is 1. The lowest BCUT2D eigenvalue weighted by atomic mass is 10.0. The van der Waals surface area contributed by atoms with Gasteiger partial charge in [-0.2, -0.15) is 38.1 Å². The molecule has 184 valence electrons. The standard InChI is InChI=1S/C8H18FNO3S2.C6H5F9/c1-10(2,4-7-14-6-3-9)5-8-15(11,12)13;1-2(7)4(10,11)6(14,15)5(12,13)3(8)9/h3-8H2,1-2H3;2-3H,1H3. The van der Waals surface area contributed by atoms with Crippen LogP contribution in [-0.2, 0) is 10.1 Å². The minimum atomic E-state index is -6.46. The van der Waals surface area contributed by atoms with Gasteiger partial charge in [0.25, 0.3) is 0 Å². The van der Waals surface area contributed by atoms with Gasteiger partial charge in [0.1, 0.15) is 10.1 Å². The average molecular weight is 507 g/mol. The second kappa shape index (κ2) is 11.9. The highest BCUT2D eigenvalue weighted by atomic mass is 32.2. The lowest BCUT2D eigenvalue weighted by molar-refractivity contribution is -0.885. The van der Waals surface area contributed by atoms with E-state index in [-0.39, 0.29) is 19.4 Å². The van der Waals surface area contributed by atoms with Crippen LogP contribution in [-0.4, -0.2) is 98.9 Å². The zero-order valence-electron chi connectivity index (χ0n) is 16.2. The van der Waals surface area contributed by atoms with Gasteiger partial charge < -0.3 is 9.04 Å². The Hall–Kier alpha value is -0.480. The van der Waals surface area contributed by atoms with E-state index in [0.717, 1.165) is 12.3 Å². The molecule has 0 aliphatic carbocycles. The summed E-state index contributed by atoms with van der Waals surface area (Å²) in [7, 11) is -0.400. The van der Waals surface area contributed by atoms with E-state index in [0.29, 0.717) is 16.8 Å². The van der Waals surface area contributed by atoms with Crippen LogP contribution >= 0.6 is 11.8 Å². The van der Waals surface area contributed by atoms with Gasteiger partial charge in [0.2, 0.25) is 0 Å². The normalized spacial score (nSPS) is 15.0. The zero-order chi connectivity index (χ0) is 24.6. The van der Waals surface area contributed by atoms with Gasteiger partial charge in [0.05, 0.1) is 39.6 Å². The fraction of sp³-hybridized carbons (Fsp3) is 1.00. The molecule has 0 aliphatic heterocycles. The van der Waals surface area contributed by atoms with Crippen molar-refractivity contribution in [2.45, 2.75) is 37.3 Å². The van der Waals surface area contributed by atoms with E-state index in [1.165, 1.54) is 11.8 Å². The van der Waals surface area contributed by atoms with Crippen LogP contribution in [0.4, 0.5) is 43.9 Å². The summed E-state index contributed by atoms with van der Waals surface area (Å²) in [5, 5.41) is 0. The summed E-state index contributed by atoms with van der Waals surface area (Å²) in [5.74, 6) is -17.7. The Bertz CT molecular complexity index is 579. The molecule has 0 bridgehead atoms. The highest BCUT2D eigenvalue weighted by Gasteiger charge is 2.77. The second-order valence-electron chi connectivity index (χ2n) is 6.68. The molecule has 0 aliphatic rings. The number of alkyl halides is 10. The third kappa shape index (κ3) is 10.2. The predicted molar refractivity (Wildman–Crippen MR) is 91.1 cm³/mol. The Morgan fingerprint density at radius 1 is 0.933 bits per heavy atom. The van der Waals surface area contributed by atoms with Gasteiger partial charge in [-0.25, -0.2) is 21.6 Å². The maximum atomic E-state index is 12.3. The van der Waals surface area contributed by atoms with E-state index >= 15 is 0 Å². The minimum absolute atomic E-state index is 0.130. The van der Waals surface area contributed by atoms with E-state index in [1.54, 1.807) is 0 Å². The van der Waals surface area contributed by atoms with Crippen molar-refractivity contribution >= 4 is 21.9 Å². The monoisotopic (exact) mass is 507 g/mol. The van der Waals surface area contributed by atoms with E-state index in [1.807, 2.05) is 14.1 Å². The summed E-state index contributed by atoms with van der Waals surface area (Å²) >= 11 is 1.50. The van der Waals surface area contributed by atoms with Crippen molar-refractivity contribution in [2.24, 2.45) is 0 Å². The maximum absolute atomic E-state index is 12.3. The Morgan fingerprint density at radius 2 is 1.40 bits per heavy atom. The quantitative estimate of drug-likeness (QED) is 0.175. The molecule has 0 saturated heterocycles. The summed E-state index contributed by atoms with van der Waals surface area (Å²) in [6.07, 6.45) is -8.70. The van der Waals surface area contributed by atoms with Crippen LogP contribution in [0.5, 0.6) is 0 Å². The van der Waals surface area contributed by atoms with Crippen LogP contribution in [0.1, 0.15) is 6.92 Å². The summed E-state index contributed by atoms with van der Waals surface area (Å²) in [6, 6.07) is 0. The molecule has 30 heavy (non-hydrogen) atoms. The molecule has 4 nitrogen and oxygen atoms in total. The van der Waals surface area contributed by atoms with E-state index < -0.39 is 40.5 Å². The fourth-order valence-electron chi connectivity index (χ4n) is 1.55. The van der Waals surface area contributed by atoms with Crippen molar-refractivity contribution in [1.82, 2.24) is 0 Å². The van der Waals surface area contributed by atoms with Crippen LogP contribution < -0.4 is 0 Å². The molecule has 0 N–H and O–H groups in total. The Morgan fingerprint density at radius 3 is 1.73 bits per heavy atom. The number of quaternary nitrogens is 1. The molecular weight excluding hydrogens is 484 g/mol. The number of hydrogen-bond donors (Lipinski definition) is 0. The summed E-state index contributed by atoms with van der Waals surface area (Å²) < 4.78 is 151. The summed E-state index contributed by atoms with van der Waals surface area (Å²) in [5.41, 5.74) is 0. The molecule has 0 aromatic heterocycles. The zero-order valence-corrected chi connectivity index (χ0v) is 17.8. The fourth-order valence-corrected chi connectivity index (χ4v) is 3.20. The van der Waals surface area contributed by atoms with Crippen LogP contribution in [0, 0.1) is 0 Å². The van der Waals surface area contributed by atoms with Crippen LogP contribution in [0.15, 0.2) is 0 Å². The van der Waals surface area contributed by atoms with Gasteiger partial charge in [-0.1, -0.05) is 0 Å². The molecule has 0 spiro atoms. The van der Waals surface area contributed by atoms with Gasteiger partial charge in [-0.05, 0) is 6.92 Å². The molecule has 0 heterocycles. The highest BCUT2D eigenvalue weighted by Crippen LogP contribution is 2.50. The molecule has 16 heteroatoms. The first-order valence-electron chi connectivity index (χ1n) is 8.10. The molecule has 1 unspecified atom stereocenters. The second-order valence-corrected chi connectivity index (χ2v) is 9.43. The van der Waals surface area contributed by atoms with Gasteiger partial charge in [0.15, 0.2) is 6.17 Å². The Labute approximate surface area is 172 Å². The molecule has 0 radical (unpaired) electrons. The van der Waals surface area contributed by atoms with Crippen molar-refractivity contribution in [3.63, 3.8) is 0 Å². The summed E-state index contributed by atoms with van der Waals surface area (Å²) in [6.45, 7) is 0.574. The van der Waals surface area contributed by atoms with E-state index in [4.69, 9.17) is 0 Å². The van der Waals surface area contributed by atoms with Gasteiger partial charge in [-0.15, -0.1) is 0 Å². The minimum Gasteiger partial charge on any atom is -0.748 e.